The minimum absolute atomic E-state index is 0.137. The molecular formula is C15H30N2O2. The SMILES string of the molecule is CCN1CCCCN(CCC(C)C)CCOCC1=O. The summed E-state index contributed by atoms with van der Waals surface area (Å²) in [5, 5.41) is 0. The molecule has 0 aromatic rings. The summed E-state index contributed by atoms with van der Waals surface area (Å²) < 4.78 is 5.51. The zero-order valence-electron chi connectivity index (χ0n) is 12.9. The van der Waals surface area contributed by atoms with Crippen LogP contribution in [0.5, 0.6) is 0 Å². The fourth-order valence-corrected chi connectivity index (χ4v) is 2.32. The molecule has 0 spiro atoms. The van der Waals surface area contributed by atoms with E-state index in [9.17, 15) is 4.79 Å². The van der Waals surface area contributed by atoms with Gasteiger partial charge >= 0.3 is 0 Å². The summed E-state index contributed by atoms with van der Waals surface area (Å²) in [7, 11) is 0. The number of amides is 1. The van der Waals surface area contributed by atoms with Gasteiger partial charge in [0.15, 0.2) is 0 Å². The molecule has 0 radical (unpaired) electrons. The third kappa shape index (κ3) is 6.92. The maximum Gasteiger partial charge on any atom is 0.248 e. The molecule has 1 fully saturated rings. The molecule has 0 atom stereocenters. The van der Waals surface area contributed by atoms with E-state index in [0.29, 0.717) is 6.61 Å². The number of hydrogen-bond donors (Lipinski definition) is 0. The van der Waals surface area contributed by atoms with Crippen LogP contribution in [0, 0.1) is 5.92 Å². The van der Waals surface area contributed by atoms with Crippen molar-refractivity contribution in [1.29, 1.82) is 0 Å². The Hall–Kier alpha value is -0.610. The molecule has 112 valence electrons. The minimum Gasteiger partial charge on any atom is -0.370 e. The summed E-state index contributed by atoms with van der Waals surface area (Å²) in [5.74, 6) is 0.884. The topological polar surface area (TPSA) is 32.8 Å². The number of rotatable bonds is 4. The van der Waals surface area contributed by atoms with Crippen LogP contribution in [0.2, 0.25) is 0 Å². The second kappa shape index (κ2) is 9.32. The highest BCUT2D eigenvalue weighted by Gasteiger charge is 2.14. The van der Waals surface area contributed by atoms with Crippen LogP contribution in [0.25, 0.3) is 0 Å². The third-order valence-electron chi connectivity index (χ3n) is 3.69. The fourth-order valence-electron chi connectivity index (χ4n) is 2.32. The lowest BCUT2D eigenvalue weighted by molar-refractivity contribution is -0.136. The molecule has 4 heteroatoms. The van der Waals surface area contributed by atoms with Crippen LogP contribution in [0.4, 0.5) is 0 Å². The standard InChI is InChI=1S/C15H30N2O2/c1-4-17-9-6-5-8-16(10-7-14(2)3)11-12-19-13-15(17)18/h14H,4-13H2,1-3H3. The molecule has 4 nitrogen and oxygen atoms in total. The second-order valence-electron chi connectivity index (χ2n) is 5.76. The van der Waals surface area contributed by atoms with Gasteiger partial charge in [-0.25, -0.2) is 0 Å². The summed E-state index contributed by atoms with van der Waals surface area (Å²) in [6.45, 7) is 12.4. The number of carbonyl (C=O) groups excluding carboxylic acids is 1. The molecule has 0 aromatic carbocycles. The predicted molar refractivity (Wildman–Crippen MR) is 78.2 cm³/mol. The monoisotopic (exact) mass is 270 g/mol. The molecule has 0 aliphatic carbocycles. The minimum atomic E-state index is 0.137. The zero-order valence-corrected chi connectivity index (χ0v) is 12.9. The highest BCUT2D eigenvalue weighted by Crippen LogP contribution is 2.06. The summed E-state index contributed by atoms with van der Waals surface area (Å²) in [4.78, 5) is 16.2. The molecule has 1 saturated heterocycles. The largest absolute Gasteiger partial charge is 0.370 e. The Labute approximate surface area is 118 Å². The molecule has 1 aliphatic rings. The number of ether oxygens (including phenoxy) is 1. The molecule has 0 bridgehead atoms. The lowest BCUT2D eigenvalue weighted by Crippen LogP contribution is -2.34. The van der Waals surface area contributed by atoms with Gasteiger partial charge in [-0.3, -0.25) is 4.79 Å². The van der Waals surface area contributed by atoms with Crippen molar-refractivity contribution < 1.29 is 9.53 Å². The highest BCUT2D eigenvalue weighted by molar-refractivity contribution is 5.77. The first kappa shape index (κ1) is 16.4. The molecule has 1 amide bonds. The average Bonchev–Trinajstić information content (AvgIpc) is 2.42. The molecule has 0 aromatic heterocycles. The third-order valence-corrected chi connectivity index (χ3v) is 3.69. The van der Waals surface area contributed by atoms with Gasteiger partial charge in [0.25, 0.3) is 0 Å². The van der Waals surface area contributed by atoms with Gasteiger partial charge in [-0.15, -0.1) is 0 Å². The maximum absolute atomic E-state index is 11.9. The smallest absolute Gasteiger partial charge is 0.248 e. The Balaban J connectivity index is 2.40. The van der Waals surface area contributed by atoms with Crippen LogP contribution in [0.3, 0.4) is 0 Å². The van der Waals surface area contributed by atoms with E-state index in [0.717, 1.165) is 45.1 Å². The second-order valence-corrected chi connectivity index (χ2v) is 5.76. The fraction of sp³-hybridized carbons (Fsp3) is 0.933. The van der Waals surface area contributed by atoms with E-state index < -0.39 is 0 Å². The van der Waals surface area contributed by atoms with Gasteiger partial charge in [0, 0.05) is 19.6 Å². The van der Waals surface area contributed by atoms with Gasteiger partial charge in [-0.2, -0.15) is 0 Å². The number of carbonyl (C=O) groups is 1. The normalized spacial score (nSPS) is 20.6. The van der Waals surface area contributed by atoms with Crippen LogP contribution in [0.1, 0.15) is 40.0 Å². The van der Waals surface area contributed by atoms with E-state index in [2.05, 4.69) is 18.7 Å². The summed E-state index contributed by atoms with van der Waals surface area (Å²) in [6.07, 6.45) is 3.50. The first-order valence-electron chi connectivity index (χ1n) is 7.71. The van der Waals surface area contributed by atoms with E-state index in [4.69, 9.17) is 4.74 Å². The van der Waals surface area contributed by atoms with Gasteiger partial charge in [0.05, 0.1) is 6.61 Å². The average molecular weight is 270 g/mol. The first-order valence-corrected chi connectivity index (χ1v) is 7.71. The summed E-state index contributed by atoms with van der Waals surface area (Å²) in [5.41, 5.74) is 0. The maximum atomic E-state index is 11.9. The van der Waals surface area contributed by atoms with Gasteiger partial charge in [0.2, 0.25) is 5.91 Å². The van der Waals surface area contributed by atoms with E-state index in [-0.39, 0.29) is 12.5 Å². The van der Waals surface area contributed by atoms with Gasteiger partial charge in [-0.1, -0.05) is 13.8 Å². The zero-order chi connectivity index (χ0) is 14.1. The molecule has 19 heavy (non-hydrogen) atoms. The van der Waals surface area contributed by atoms with Crippen LogP contribution < -0.4 is 0 Å². The van der Waals surface area contributed by atoms with E-state index >= 15 is 0 Å². The van der Waals surface area contributed by atoms with Crippen molar-refractivity contribution in [2.45, 2.75) is 40.0 Å². The molecule has 1 aliphatic heterocycles. The Morgan fingerprint density at radius 3 is 2.63 bits per heavy atom. The van der Waals surface area contributed by atoms with E-state index in [1.54, 1.807) is 0 Å². The first-order chi connectivity index (χ1) is 9.13. The molecule has 0 saturated carbocycles. The Bertz CT molecular complexity index is 257. The van der Waals surface area contributed by atoms with Crippen molar-refractivity contribution in [2.75, 3.05) is 45.9 Å². The lowest BCUT2D eigenvalue weighted by Gasteiger charge is -2.22. The van der Waals surface area contributed by atoms with Crippen molar-refractivity contribution >= 4 is 5.91 Å². The van der Waals surface area contributed by atoms with Crippen molar-refractivity contribution in [3.8, 4) is 0 Å². The van der Waals surface area contributed by atoms with Crippen LogP contribution >= 0.6 is 0 Å². The quantitative estimate of drug-likeness (QED) is 0.783. The van der Waals surface area contributed by atoms with Gasteiger partial charge in [-0.05, 0) is 45.2 Å². The molecule has 0 N–H and O–H groups in total. The Morgan fingerprint density at radius 2 is 1.95 bits per heavy atom. The Morgan fingerprint density at radius 1 is 1.21 bits per heavy atom. The molecule has 0 unspecified atom stereocenters. The van der Waals surface area contributed by atoms with Gasteiger partial charge in [0.1, 0.15) is 6.61 Å². The van der Waals surface area contributed by atoms with E-state index in [1.807, 2.05) is 11.8 Å². The number of hydrogen-bond acceptors (Lipinski definition) is 3. The molecule has 1 rings (SSSR count). The lowest BCUT2D eigenvalue weighted by atomic mass is 10.1. The predicted octanol–water partition coefficient (Wildman–Crippen LogP) is 1.99. The highest BCUT2D eigenvalue weighted by atomic mass is 16.5. The number of likely N-dealkylation sites (N-methyl/N-ethyl adjacent to an activating group) is 1. The summed E-state index contributed by atoms with van der Waals surface area (Å²) in [6, 6.07) is 0. The molecule has 1 heterocycles. The summed E-state index contributed by atoms with van der Waals surface area (Å²) >= 11 is 0. The van der Waals surface area contributed by atoms with Crippen LogP contribution in [0.15, 0.2) is 0 Å². The van der Waals surface area contributed by atoms with E-state index in [1.165, 1.54) is 12.8 Å². The van der Waals surface area contributed by atoms with Crippen molar-refractivity contribution in [3.63, 3.8) is 0 Å². The number of nitrogens with zero attached hydrogens (tertiary/aromatic N) is 2. The van der Waals surface area contributed by atoms with Crippen molar-refractivity contribution in [1.82, 2.24) is 9.80 Å². The Kier molecular flexibility index (Phi) is 8.07. The van der Waals surface area contributed by atoms with Gasteiger partial charge < -0.3 is 14.5 Å². The van der Waals surface area contributed by atoms with Crippen molar-refractivity contribution in [3.05, 3.63) is 0 Å². The molecular weight excluding hydrogens is 240 g/mol. The van der Waals surface area contributed by atoms with Crippen LogP contribution in [-0.4, -0.2) is 61.6 Å². The van der Waals surface area contributed by atoms with Crippen LogP contribution in [-0.2, 0) is 9.53 Å². The van der Waals surface area contributed by atoms with Crippen molar-refractivity contribution in [2.24, 2.45) is 5.92 Å².